The Kier molecular flexibility index (Phi) is 5.05. The average Bonchev–Trinajstić information content (AvgIpc) is 3.17. The molecule has 1 amide bonds. The SMILES string of the molecule is Cc1ccc(CC(=O)Nc2ccc(NCc3ccc4c(c3)OCO4)nn2)cc1. The quantitative estimate of drug-likeness (QED) is 0.687. The van der Waals surface area contributed by atoms with Gasteiger partial charge in [-0.05, 0) is 42.3 Å². The molecule has 0 spiro atoms. The first kappa shape index (κ1) is 17.8. The monoisotopic (exact) mass is 376 g/mol. The Morgan fingerprint density at radius 1 is 0.929 bits per heavy atom. The van der Waals surface area contributed by atoms with Gasteiger partial charge in [0.1, 0.15) is 5.82 Å². The number of aryl methyl sites for hydroxylation is 1. The molecule has 28 heavy (non-hydrogen) atoms. The molecule has 1 aromatic heterocycles. The first-order valence-corrected chi connectivity index (χ1v) is 8.97. The lowest BCUT2D eigenvalue weighted by Crippen LogP contribution is -2.16. The zero-order chi connectivity index (χ0) is 19.3. The number of aromatic nitrogens is 2. The van der Waals surface area contributed by atoms with Crippen molar-refractivity contribution in [2.45, 2.75) is 19.9 Å². The van der Waals surface area contributed by atoms with Gasteiger partial charge in [0.05, 0.1) is 6.42 Å². The number of hydrogen-bond donors (Lipinski definition) is 2. The van der Waals surface area contributed by atoms with E-state index in [0.29, 0.717) is 24.6 Å². The summed E-state index contributed by atoms with van der Waals surface area (Å²) >= 11 is 0. The first-order valence-electron chi connectivity index (χ1n) is 8.97. The molecule has 1 aliphatic heterocycles. The standard InChI is InChI=1S/C21H20N4O3/c1-14-2-4-15(5-3-14)11-21(26)23-20-9-8-19(24-25-20)22-12-16-6-7-17-18(10-16)28-13-27-17/h2-10H,11-13H2,1H3,(H,22,24)(H,23,25,26). The first-order chi connectivity index (χ1) is 13.7. The van der Waals surface area contributed by atoms with E-state index in [1.54, 1.807) is 12.1 Å². The summed E-state index contributed by atoms with van der Waals surface area (Å²) in [5.74, 6) is 2.42. The molecule has 0 saturated heterocycles. The number of carbonyl (C=O) groups is 1. The predicted octanol–water partition coefficient (Wildman–Crippen LogP) is 3.31. The van der Waals surface area contributed by atoms with Gasteiger partial charge in [-0.15, -0.1) is 10.2 Å². The molecule has 1 aliphatic rings. The van der Waals surface area contributed by atoms with Gasteiger partial charge in [-0.3, -0.25) is 4.79 Å². The molecule has 2 heterocycles. The minimum atomic E-state index is -0.126. The van der Waals surface area contributed by atoms with Crippen LogP contribution in [0, 0.1) is 6.92 Å². The Morgan fingerprint density at radius 3 is 2.43 bits per heavy atom. The molecule has 3 aromatic rings. The molecule has 2 aromatic carbocycles. The summed E-state index contributed by atoms with van der Waals surface area (Å²) in [4.78, 5) is 12.1. The van der Waals surface area contributed by atoms with Crippen LogP contribution in [0.3, 0.4) is 0 Å². The van der Waals surface area contributed by atoms with Crippen LogP contribution < -0.4 is 20.1 Å². The molecule has 0 aliphatic carbocycles. The molecule has 142 valence electrons. The summed E-state index contributed by atoms with van der Waals surface area (Å²) in [6.45, 7) is 2.85. The van der Waals surface area contributed by atoms with Crippen LogP contribution in [0.1, 0.15) is 16.7 Å². The number of carbonyl (C=O) groups excluding carboxylic acids is 1. The van der Waals surface area contributed by atoms with Gasteiger partial charge in [0.2, 0.25) is 12.7 Å². The number of ether oxygens (including phenoxy) is 2. The lowest BCUT2D eigenvalue weighted by molar-refractivity contribution is -0.115. The fourth-order valence-corrected chi connectivity index (χ4v) is 2.82. The lowest BCUT2D eigenvalue weighted by Gasteiger charge is -2.08. The van der Waals surface area contributed by atoms with E-state index >= 15 is 0 Å². The van der Waals surface area contributed by atoms with Crippen molar-refractivity contribution in [2.24, 2.45) is 0 Å². The fourth-order valence-electron chi connectivity index (χ4n) is 2.82. The van der Waals surface area contributed by atoms with Gasteiger partial charge < -0.3 is 20.1 Å². The predicted molar refractivity (Wildman–Crippen MR) is 105 cm³/mol. The second kappa shape index (κ2) is 7.96. The van der Waals surface area contributed by atoms with Crippen molar-refractivity contribution in [2.75, 3.05) is 17.4 Å². The summed E-state index contributed by atoms with van der Waals surface area (Å²) in [5, 5.41) is 14.1. The maximum atomic E-state index is 12.1. The highest BCUT2D eigenvalue weighted by Gasteiger charge is 2.13. The van der Waals surface area contributed by atoms with E-state index < -0.39 is 0 Å². The highest BCUT2D eigenvalue weighted by Crippen LogP contribution is 2.32. The van der Waals surface area contributed by atoms with Crippen molar-refractivity contribution in [1.29, 1.82) is 0 Å². The van der Waals surface area contributed by atoms with Crippen LogP contribution in [-0.4, -0.2) is 22.9 Å². The number of anilines is 2. The zero-order valence-corrected chi connectivity index (χ0v) is 15.4. The normalized spacial score (nSPS) is 11.9. The largest absolute Gasteiger partial charge is 0.454 e. The number of nitrogens with zero attached hydrogens (tertiary/aromatic N) is 2. The molecule has 0 radical (unpaired) electrons. The Bertz CT molecular complexity index is 972. The van der Waals surface area contributed by atoms with Gasteiger partial charge in [-0.2, -0.15) is 0 Å². The van der Waals surface area contributed by atoms with E-state index in [0.717, 1.165) is 22.6 Å². The Labute approximate surface area is 162 Å². The van der Waals surface area contributed by atoms with Crippen molar-refractivity contribution in [1.82, 2.24) is 10.2 Å². The van der Waals surface area contributed by atoms with E-state index in [1.807, 2.05) is 49.4 Å². The van der Waals surface area contributed by atoms with E-state index in [1.165, 1.54) is 5.56 Å². The molecule has 0 fully saturated rings. The topological polar surface area (TPSA) is 85.4 Å². The van der Waals surface area contributed by atoms with Crippen molar-refractivity contribution in [3.63, 3.8) is 0 Å². The van der Waals surface area contributed by atoms with Gasteiger partial charge in [0.25, 0.3) is 0 Å². The second-order valence-electron chi connectivity index (χ2n) is 6.56. The molecule has 0 bridgehead atoms. The van der Waals surface area contributed by atoms with Crippen LogP contribution in [0.2, 0.25) is 0 Å². The number of amides is 1. The highest BCUT2D eigenvalue weighted by atomic mass is 16.7. The van der Waals surface area contributed by atoms with Crippen molar-refractivity contribution >= 4 is 17.5 Å². The van der Waals surface area contributed by atoms with Gasteiger partial charge in [0.15, 0.2) is 17.3 Å². The molecule has 7 nitrogen and oxygen atoms in total. The van der Waals surface area contributed by atoms with Gasteiger partial charge in [-0.1, -0.05) is 35.9 Å². The maximum absolute atomic E-state index is 12.1. The van der Waals surface area contributed by atoms with Gasteiger partial charge >= 0.3 is 0 Å². The van der Waals surface area contributed by atoms with Gasteiger partial charge in [0, 0.05) is 6.54 Å². The Hall–Kier alpha value is -3.61. The number of hydrogen-bond acceptors (Lipinski definition) is 6. The van der Waals surface area contributed by atoms with Crippen LogP contribution in [-0.2, 0) is 17.8 Å². The van der Waals surface area contributed by atoms with Crippen molar-refractivity contribution in [3.8, 4) is 11.5 Å². The van der Waals surface area contributed by atoms with Gasteiger partial charge in [-0.25, -0.2) is 0 Å². The van der Waals surface area contributed by atoms with Crippen LogP contribution in [0.5, 0.6) is 11.5 Å². The molecule has 0 unspecified atom stereocenters. The molecule has 0 saturated carbocycles. The summed E-state index contributed by atoms with van der Waals surface area (Å²) < 4.78 is 10.7. The molecule has 0 atom stereocenters. The molecule has 2 N–H and O–H groups in total. The van der Waals surface area contributed by atoms with Crippen LogP contribution in [0.15, 0.2) is 54.6 Å². The lowest BCUT2D eigenvalue weighted by atomic mass is 10.1. The maximum Gasteiger partial charge on any atom is 0.231 e. The summed E-state index contributed by atoms with van der Waals surface area (Å²) in [6, 6.07) is 17.2. The third-order valence-corrected chi connectivity index (χ3v) is 4.33. The van der Waals surface area contributed by atoms with Crippen molar-refractivity contribution in [3.05, 3.63) is 71.3 Å². The highest BCUT2D eigenvalue weighted by molar-refractivity contribution is 5.91. The number of nitrogens with one attached hydrogen (secondary N) is 2. The van der Waals surface area contributed by atoms with Crippen LogP contribution in [0.4, 0.5) is 11.6 Å². The minimum absolute atomic E-state index is 0.126. The third kappa shape index (κ3) is 4.37. The Balaban J connectivity index is 1.29. The van der Waals surface area contributed by atoms with E-state index in [4.69, 9.17) is 9.47 Å². The number of fused-ring (bicyclic) bond motifs is 1. The number of rotatable bonds is 6. The van der Waals surface area contributed by atoms with E-state index in [-0.39, 0.29) is 12.7 Å². The zero-order valence-electron chi connectivity index (χ0n) is 15.4. The smallest absolute Gasteiger partial charge is 0.231 e. The molecular formula is C21H20N4O3. The number of benzene rings is 2. The minimum Gasteiger partial charge on any atom is -0.454 e. The summed E-state index contributed by atoms with van der Waals surface area (Å²) in [6.07, 6.45) is 0.298. The second-order valence-corrected chi connectivity index (χ2v) is 6.56. The van der Waals surface area contributed by atoms with E-state index in [9.17, 15) is 4.79 Å². The van der Waals surface area contributed by atoms with Crippen molar-refractivity contribution < 1.29 is 14.3 Å². The molecule has 7 heteroatoms. The summed E-state index contributed by atoms with van der Waals surface area (Å²) in [5.41, 5.74) is 3.17. The van der Waals surface area contributed by atoms with Crippen LogP contribution >= 0.6 is 0 Å². The average molecular weight is 376 g/mol. The molecular weight excluding hydrogens is 356 g/mol. The third-order valence-electron chi connectivity index (χ3n) is 4.33. The summed E-state index contributed by atoms with van der Waals surface area (Å²) in [7, 11) is 0. The molecule has 4 rings (SSSR count). The fraction of sp³-hybridized carbons (Fsp3) is 0.190. The van der Waals surface area contributed by atoms with Crippen LogP contribution in [0.25, 0.3) is 0 Å². The van der Waals surface area contributed by atoms with E-state index in [2.05, 4.69) is 20.8 Å². The Morgan fingerprint density at radius 2 is 1.64 bits per heavy atom.